The van der Waals surface area contributed by atoms with E-state index in [9.17, 15) is 4.79 Å². The van der Waals surface area contributed by atoms with E-state index in [1.807, 2.05) is 69.3 Å². The number of ether oxygens (including phenoxy) is 2. The molecule has 0 radical (unpaired) electrons. The average molecular weight is 372 g/mol. The number of rotatable bonds is 5. The van der Waals surface area contributed by atoms with Gasteiger partial charge in [-0.25, -0.2) is 0 Å². The molecule has 2 aromatic carbocycles. The highest BCUT2D eigenvalue weighted by Crippen LogP contribution is 2.41. The van der Waals surface area contributed by atoms with Crippen molar-refractivity contribution < 1.29 is 14.3 Å². The molecule has 1 aliphatic heterocycles. The Balaban J connectivity index is 1.75. The van der Waals surface area contributed by atoms with Crippen molar-refractivity contribution in [3.63, 3.8) is 0 Å². The number of nitrogens with one attached hydrogen (secondary N) is 1. The average Bonchev–Trinajstić information content (AvgIpc) is 2.61. The Bertz CT molecular complexity index is 776. The molecule has 0 fully saturated rings. The molecule has 2 unspecified atom stereocenters. The van der Waals surface area contributed by atoms with Gasteiger partial charge in [0.1, 0.15) is 17.1 Å². The van der Waals surface area contributed by atoms with Crippen LogP contribution in [0.15, 0.2) is 53.4 Å². The summed E-state index contributed by atoms with van der Waals surface area (Å²) in [5.74, 6) is 1.55. The zero-order valence-electron chi connectivity index (χ0n) is 15.6. The van der Waals surface area contributed by atoms with Crippen molar-refractivity contribution in [2.45, 2.75) is 49.0 Å². The lowest BCUT2D eigenvalue weighted by Crippen LogP contribution is -2.43. The van der Waals surface area contributed by atoms with Crippen LogP contribution in [0.25, 0.3) is 0 Å². The zero-order valence-corrected chi connectivity index (χ0v) is 16.4. The van der Waals surface area contributed by atoms with Crippen molar-refractivity contribution in [1.82, 2.24) is 5.32 Å². The molecule has 1 N–H and O–H groups in total. The third-order valence-corrected chi connectivity index (χ3v) is 5.53. The second kappa shape index (κ2) is 7.62. The number of hydrogen-bond acceptors (Lipinski definition) is 4. The molecule has 4 nitrogen and oxygen atoms in total. The molecule has 0 saturated carbocycles. The molecular weight excluding hydrogens is 346 g/mol. The highest BCUT2D eigenvalue weighted by Gasteiger charge is 2.35. The first-order valence-electron chi connectivity index (χ1n) is 8.77. The minimum Gasteiger partial charge on any atom is -0.497 e. The Hall–Kier alpha value is -2.14. The number of fused-ring (bicyclic) bond motifs is 1. The number of carbonyl (C=O) groups excluding carboxylic acids is 1. The Labute approximate surface area is 159 Å². The molecule has 138 valence electrons. The van der Waals surface area contributed by atoms with Gasteiger partial charge in [0.2, 0.25) is 5.91 Å². The summed E-state index contributed by atoms with van der Waals surface area (Å²) in [6.07, 6.45) is 0.723. The van der Waals surface area contributed by atoms with E-state index in [1.165, 1.54) is 0 Å². The lowest BCUT2D eigenvalue weighted by Gasteiger charge is -2.38. The summed E-state index contributed by atoms with van der Waals surface area (Å²) >= 11 is 1.56. The molecule has 1 amide bonds. The Morgan fingerprint density at radius 3 is 2.69 bits per heavy atom. The van der Waals surface area contributed by atoms with Crippen LogP contribution in [0, 0.1) is 0 Å². The quantitative estimate of drug-likeness (QED) is 0.781. The number of benzene rings is 2. The maximum atomic E-state index is 12.8. The van der Waals surface area contributed by atoms with Gasteiger partial charge in [-0.2, -0.15) is 0 Å². The molecule has 0 aromatic heterocycles. The van der Waals surface area contributed by atoms with Crippen LogP contribution in [0.2, 0.25) is 0 Å². The van der Waals surface area contributed by atoms with Gasteiger partial charge in [0, 0.05) is 22.9 Å². The number of methoxy groups -OCH3 is 1. The fraction of sp³-hybridized carbons (Fsp3) is 0.381. The first-order chi connectivity index (χ1) is 12.4. The van der Waals surface area contributed by atoms with E-state index in [0.29, 0.717) is 0 Å². The van der Waals surface area contributed by atoms with Crippen molar-refractivity contribution in [1.29, 1.82) is 0 Å². The highest BCUT2D eigenvalue weighted by atomic mass is 32.2. The lowest BCUT2D eigenvalue weighted by atomic mass is 9.89. The molecule has 26 heavy (non-hydrogen) atoms. The maximum Gasteiger partial charge on any atom is 0.233 e. The molecular formula is C21H25NO3S. The van der Waals surface area contributed by atoms with Crippen molar-refractivity contribution in [3.8, 4) is 11.5 Å². The molecule has 2 atom stereocenters. The van der Waals surface area contributed by atoms with Crippen LogP contribution in [0.5, 0.6) is 11.5 Å². The summed E-state index contributed by atoms with van der Waals surface area (Å²) in [7, 11) is 1.64. The largest absolute Gasteiger partial charge is 0.497 e. The van der Waals surface area contributed by atoms with Crippen LogP contribution >= 0.6 is 11.8 Å². The fourth-order valence-corrected chi connectivity index (χ4v) is 4.03. The van der Waals surface area contributed by atoms with Crippen molar-refractivity contribution in [2.75, 3.05) is 7.11 Å². The third kappa shape index (κ3) is 4.33. The second-order valence-corrected chi connectivity index (χ2v) is 8.52. The Kier molecular flexibility index (Phi) is 5.47. The van der Waals surface area contributed by atoms with Gasteiger partial charge >= 0.3 is 0 Å². The van der Waals surface area contributed by atoms with Crippen LogP contribution in [0.1, 0.15) is 38.8 Å². The standard InChI is InChI=1S/C21H25NO3S/c1-14(26-16-8-6-5-7-9-16)20(23)22-18-13-21(2,3)25-19-12-15(24-4)10-11-17(18)19/h5-12,14,18H,13H2,1-4H3,(H,22,23). The summed E-state index contributed by atoms with van der Waals surface area (Å²) in [5, 5.41) is 3.03. The van der Waals surface area contributed by atoms with Gasteiger partial charge in [-0.1, -0.05) is 18.2 Å². The Morgan fingerprint density at radius 2 is 2.00 bits per heavy atom. The van der Waals surface area contributed by atoms with E-state index in [1.54, 1.807) is 18.9 Å². The summed E-state index contributed by atoms with van der Waals surface area (Å²) in [6, 6.07) is 15.7. The van der Waals surface area contributed by atoms with Crippen LogP contribution in [-0.2, 0) is 4.79 Å². The number of carbonyl (C=O) groups is 1. The monoisotopic (exact) mass is 371 g/mol. The van der Waals surface area contributed by atoms with Crippen molar-refractivity contribution in [3.05, 3.63) is 54.1 Å². The number of thioether (sulfide) groups is 1. The van der Waals surface area contributed by atoms with E-state index in [4.69, 9.17) is 9.47 Å². The van der Waals surface area contributed by atoms with Gasteiger partial charge in [-0.3, -0.25) is 4.79 Å². The molecule has 5 heteroatoms. The van der Waals surface area contributed by atoms with Crippen LogP contribution in [0.4, 0.5) is 0 Å². The summed E-state index contributed by atoms with van der Waals surface area (Å²) in [6.45, 7) is 6.01. The molecule has 3 rings (SSSR count). The van der Waals surface area contributed by atoms with Gasteiger partial charge in [-0.05, 0) is 45.0 Å². The van der Waals surface area contributed by atoms with Crippen LogP contribution in [0.3, 0.4) is 0 Å². The van der Waals surface area contributed by atoms with Crippen LogP contribution in [-0.4, -0.2) is 23.9 Å². The molecule has 0 spiro atoms. The smallest absolute Gasteiger partial charge is 0.233 e. The Morgan fingerprint density at radius 1 is 1.27 bits per heavy atom. The second-order valence-electron chi connectivity index (χ2n) is 7.10. The van der Waals surface area contributed by atoms with Gasteiger partial charge in [0.05, 0.1) is 18.4 Å². The van der Waals surface area contributed by atoms with Gasteiger partial charge < -0.3 is 14.8 Å². The fourth-order valence-electron chi connectivity index (χ4n) is 3.13. The maximum absolute atomic E-state index is 12.8. The topological polar surface area (TPSA) is 47.6 Å². The molecule has 1 aliphatic rings. The van der Waals surface area contributed by atoms with E-state index in [2.05, 4.69) is 5.32 Å². The van der Waals surface area contributed by atoms with E-state index in [-0.39, 0.29) is 22.8 Å². The number of hydrogen-bond donors (Lipinski definition) is 1. The van der Waals surface area contributed by atoms with Crippen molar-refractivity contribution >= 4 is 17.7 Å². The van der Waals surface area contributed by atoms with Gasteiger partial charge in [-0.15, -0.1) is 11.8 Å². The third-order valence-electron chi connectivity index (χ3n) is 4.42. The normalized spacial score (nSPS) is 19.0. The SMILES string of the molecule is COc1ccc2c(c1)OC(C)(C)CC2NC(=O)C(C)Sc1ccccc1. The minimum atomic E-state index is -0.354. The van der Waals surface area contributed by atoms with E-state index in [0.717, 1.165) is 28.4 Å². The van der Waals surface area contributed by atoms with E-state index >= 15 is 0 Å². The summed E-state index contributed by atoms with van der Waals surface area (Å²) in [4.78, 5) is 13.9. The summed E-state index contributed by atoms with van der Waals surface area (Å²) < 4.78 is 11.4. The van der Waals surface area contributed by atoms with Crippen molar-refractivity contribution in [2.24, 2.45) is 0 Å². The number of amides is 1. The molecule has 0 aliphatic carbocycles. The molecule has 2 aromatic rings. The molecule has 0 bridgehead atoms. The predicted octanol–water partition coefficient (Wildman–Crippen LogP) is 4.59. The lowest BCUT2D eigenvalue weighted by molar-refractivity contribution is -0.121. The molecule has 1 heterocycles. The molecule has 0 saturated heterocycles. The van der Waals surface area contributed by atoms with Gasteiger partial charge in [0.25, 0.3) is 0 Å². The summed E-state index contributed by atoms with van der Waals surface area (Å²) in [5.41, 5.74) is 0.642. The van der Waals surface area contributed by atoms with Gasteiger partial charge in [0.15, 0.2) is 0 Å². The zero-order chi connectivity index (χ0) is 18.7. The highest BCUT2D eigenvalue weighted by molar-refractivity contribution is 8.00. The first-order valence-corrected chi connectivity index (χ1v) is 9.65. The van der Waals surface area contributed by atoms with Crippen LogP contribution < -0.4 is 14.8 Å². The first kappa shape index (κ1) is 18.6. The van der Waals surface area contributed by atoms with E-state index < -0.39 is 0 Å². The minimum absolute atomic E-state index is 0.0309. The predicted molar refractivity (Wildman–Crippen MR) is 105 cm³/mol.